The first-order valence-electron chi connectivity index (χ1n) is 6.71. The molecule has 1 aromatic carbocycles. The quantitative estimate of drug-likeness (QED) is 0.811. The highest BCUT2D eigenvalue weighted by Crippen LogP contribution is 2.24. The van der Waals surface area contributed by atoms with Crippen LogP contribution in [0, 0.1) is 16.7 Å². The molecule has 2 heteroatoms. The first-order valence-corrected chi connectivity index (χ1v) is 6.71. The van der Waals surface area contributed by atoms with Gasteiger partial charge in [0, 0.05) is 13.1 Å². The van der Waals surface area contributed by atoms with Crippen molar-refractivity contribution in [1.82, 2.24) is 4.90 Å². The molecule has 0 aliphatic heterocycles. The summed E-state index contributed by atoms with van der Waals surface area (Å²) in [6.07, 6.45) is 3.78. The lowest BCUT2D eigenvalue weighted by atomic mass is 9.95. The van der Waals surface area contributed by atoms with Crippen molar-refractivity contribution < 1.29 is 0 Å². The van der Waals surface area contributed by atoms with Gasteiger partial charge in [-0.1, -0.05) is 18.2 Å². The summed E-state index contributed by atoms with van der Waals surface area (Å²) in [7, 11) is 2.09. The Balaban J connectivity index is 2.00. The van der Waals surface area contributed by atoms with Crippen LogP contribution in [0.2, 0.25) is 0 Å². The number of rotatable bonds is 4. The summed E-state index contributed by atoms with van der Waals surface area (Å²) < 4.78 is 0. The van der Waals surface area contributed by atoms with Gasteiger partial charge in [0.25, 0.3) is 0 Å². The van der Waals surface area contributed by atoms with Gasteiger partial charge < -0.3 is 4.90 Å². The van der Waals surface area contributed by atoms with Gasteiger partial charge in [0.1, 0.15) is 0 Å². The Hall–Kier alpha value is -1.33. The van der Waals surface area contributed by atoms with Gasteiger partial charge in [-0.05, 0) is 56.8 Å². The van der Waals surface area contributed by atoms with Gasteiger partial charge >= 0.3 is 0 Å². The van der Waals surface area contributed by atoms with Gasteiger partial charge in [0.15, 0.2) is 0 Å². The molecule has 18 heavy (non-hydrogen) atoms. The van der Waals surface area contributed by atoms with Crippen molar-refractivity contribution in [3.63, 3.8) is 0 Å². The second kappa shape index (κ2) is 5.12. The van der Waals surface area contributed by atoms with E-state index in [2.05, 4.69) is 36.2 Å². The van der Waals surface area contributed by atoms with Crippen molar-refractivity contribution in [3.05, 3.63) is 34.9 Å². The summed E-state index contributed by atoms with van der Waals surface area (Å²) in [5, 5.41) is 9.06. The van der Waals surface area contributed by atoms with E-state index < -0.39 is 0 Å². The van der Waals surface area contributed by atoms with Crippen LogP contribution < -0.4 is 0 Å². The Morgan fingerprint density at radius 2 is 2.00 bits per heavy atom. The summed E-state index contributed by atoms with van der Waals surface area (Å²) in [6, 6.07) is 9.22. The normalized spacial score (nSPS) is 14.6. The highest BCUT2D eigenvalue weighted by Gasteiger charge is 2.19. The van der Waals surface area contributed by atoms with Crippen LogP contribution >= 0.6 is 0 Å². The van der Waals surface area contributed by atoms with E-state index in [4.69, 9.17) is 5.26 Å². The van der Waals surface area contributed by atoms with Crippen LogP contribution in [0.1, 0.15) is 37.0 Å². The van der Waals surface area contributed by atoms with Crippen LogP contribution in [0.25, 0.3) is 0 Å². The molecule has 0 unspecified atom stereocenters. The maximum absolute atomic E-state index is 9.06. The van der Waals surface area contributed by atoms with Gasteiger partial charge in [-0.3, -0.25) is 0 Å². The third kappa shape index (κ3) is 3.11. The number of nitriles is 1. The van der Waals surface area contributed by atoms with Gasteiger partial charge in [-0.25, -0.2) is 0 Å². The molecule has 0 spiro atoms. The van der Waals surface area contributed by atoms with Crippen LogP contribution in [0.4, 0.5) is 0 Å². The van der Waals surface area contributed by atoms with E-state index in [1.807, 2.05) is 13.8 Å². The number of benzene rings is 1. The monoisotopic (exact) mass is 242 g/mol. The van der Waals surface area contributed by atoms with Crippen molar-refractivity contribution in [2.24, 2.45) is 5.41 Å². The molecule has 0 saturated heterocycles. The lowest BCUT2D eigenvalue weighted by molar-refractivity contribution is 0.248. The smallest absolute Gasteiger partial charge is 0.0697 e. The molecule has 0 bridgehead atoms. The Labute approximate surface area is 110 Å². The minimum atomic E-state index is -0.272. The van der Waals surface area contributed by atoms with E-state index in [0.717, 1.165) is 13.1 Å². The maximum Gasteiger partial charge on any atom is 0.0697 e. The minimum Gasteiger partial charge on any atom is -0.301 e. The largest absolute Gasteiger partial charge is 0.301 e. The van der Waals surface area contributed by atoms with Crippen LogP contribution in [-0.2, 0) is 19.4 Å². The van der Waals surface area contributed by atoms with E-state index in [1.54, 1.807) is 0 Å². The maximum atomic E-state index is 9.06. The fourth-order valence-electron chi connectivity index (χ4n) is 2.80. The van der Waals surface area contributed by atoms with Crippen LogP contribution in [0.15, 0.2) is 18.2 Å². The van der Waals surface area contributed by atoms with E-state index in [0.29, 0.717) is 0 Å². The Bertz CT molecular complexity index is 468. The fraction of sp³-hybridized carbons (Fsp3) is 0.562. The topological polar surface area (TPSA) is 27.0 Å². The fourth-order valence-corrected chi connectivity index (χ4v) is 2.80. The Kier molecular flexibility index (Phi) is 3.73. The van der Waals surface area contributed by atoms with Crippen molar-refractivity contribution in [1.29, 1.82) is 5.26 Å². The number of nitrogens with zero attached hydrogens (tertiary/aromatic N) is 2. The van der Waals surface area contributed by atoms with E-state index >= 15 is 0 Å². The first-order chi connectivity index (χ1) is 8.50. The van der Waals surface area contributed by atoms with E-state index in [9.17, 15) is 0 Å². The SMILES string of the molecule is CN(Cc1ccc2c(c1)CCC2)CC(C)(C)C#N. The molecule has 0 fully saturated rings. The second-order valence-electron chi connectivity index (χ2n) is 6.12. The standard InChI is InChI=1S/C16H22N2/c1-16(2,11-17)12-18(3)10-13-7-8-14-5-4-6-15(14)9-13/h7-9H,4-6,10,12H2,1-3H3. The lowest BCUT2D eigenvalue weighted by Gasteiger charge is -2.24. The molecule has 1 aliphatic carbocycles. The molecule has 0 N–H and O–H groups in total. The molecule has 0 radical (unpaired) electrons. The second-order valence-corrected chi connectivity index (χ2v) is 6.12. The van der Waals surface area contributed by atoms with Crippen molar-refractivity contribution in [3.8, 4) is 6.07 Å². The highest BCUT2D eigenvalue weighted by atomic mass is 15.1. The highest BCUT2D eigenvalue weighted by molar-refractivity contribution is 5.35. The predicted octanol–water partition coefficient (Wildman–Crippen LogP) is 3.16. The summed E-state index contributed by atoms with van der Waals surface area (Å²) in [5.74, 6) is 0. The molecule has 1 aromatic rings. The predicted molar refractivity (Wildman–Crippen MR) is 74.2 cm³/mol. The summed E-state index contributed by atoms with van der Waals surface area (Å²) in [4.78, 5) is 2.24. The third-order valence-corrected chi connectivity index (χ3v) is 3.58. The van der Waals surface area contributed by atoms with Gasteiger partial charge in [-0.2, -0.15) is 5.26 Å². The number of aryl methyl sites for hydroxylation is 2. The van der Waals surface area contributed by atoms with Crippen molar-refractivity contribution >= 4 is 0 Å². The number of fused-ring (bicyclic) bond motifs is 1. The zero-order chi connectivity index (χ0) is 13.2. The molecule has 0 amide bonds. The minimum absolute atomic E-state index is 0.272. The van der Waals surface area contributed by atoms with Crippen LogP contribution in [-0.4, -0.2) is 18.5 Å². The van der Waals surface area contributed by atoms with E-state index in [1.165, 1.54) is 36.0 Å². The third-order valence-electron chi connectivity index (χ3n) is 3.58. The van der Waals surface area contributed by atoms with Gasteiger partial charge in [0.05, 0.1) is 11.5 Å². The number of hydrogen-bond donors (Lipinski definition) is 0. The molecule has 96 valence electrons. The Morgan fingerprint density at radius 1 is 1.28 bits per heavy atom. The van der Waals surface area contributed by atoms with E-state index in [-0.39, 0.29) is 5.41 Å². The molecule has 0 aromatic heterocycles. The molecule has 0 atom stereocenters. The molecule has 1 aliphatic rings. The van der Waals surface area contributed by atoms with Crippen molar-refractivity contribution in [2.75, 3.05) is 13.6 Å². The zero-order valence-corrected chi connectivity index (χ0v) is 11.7. The summed E-state index contributed by atoms with van der Waals surface area (Å²) >= 11 is 0. The molecular weight excluding hydrogens is 220 g/mol. The molecule has 0 saturated carbocycles. The first kappa shape index (κ1) is 13.1. The van der Waals surface area contributed by atoms with Crippen LogP contribution in [0.3, 0.4) is 0 Å². The summed E-state index contributed by atoms with van der Waals surface area (Å²) in [5.41, 5.74) is 4.15. The van der Waals surface area contributed by atoms with Crippen LogP contribution in [0.5, 0.6) is 0 Å². The molecule has 2 rings (SSSR count). The lowest BCUT2D eigenvalue weighted by Crippen LogP contribution is -2.29. The van der Waals surface area contributed by atoms with Gasteiger partial charge in [0.2, 0.25) is 0 Å². The molecule has 0 heterocycles. The Morgan fingerprint density at radius 3 is 2.72 bits per heavy atom. The average Bonchev–Trinajstić information content (AvgIpc) is 2.75. The molecular formula is C16H22N2. The average molecular weight is 242 g/mol. The molecule has 2 nitrogen and oxygen atoms in total. The zero-order valence-electron chi connectivity index (χ0n) is 11.7. The summed E-state index contributed by atoms with van der Waals surface area (Å²) in [6.45, 7) is 5.72. The van der Waals surface area contributed by atoms with Crippen molar-refractivity contribution in [2.45, 2.75) is 39.7 Å². The number of hydrogen-bond acceptors (Lipinski definition) is 2. The van der Waals surface area contributed by atoms with Gasteiger partial charge in [-0.15, -0.1) is 0 Å².